The van der Waals surface area contributed by atoms with E-state index in [0.29, 0.717) is 22.4 Å². The van der Waals surface area contributed by atoms with Crippen LogP contribution in [0.3, 0.4) is 0 Å². The molecule has 0 heterocycles. The zero-order valence-electron chi connectivity index (χ0n) is 14.3. The summed E-state index contributed by atoms with van der Waals surface area (Å²) in [6.07, 6.45) is -0.112. The van der Waals surface area contributed by atoms with Crippen molar-refractivity contribution in [3.8, 4) is 0 Å². The summed E-state index contributed by atoms with van der Waals surface area (Å²) in [6, 6.07) is 11.0. The van der Waals surface area contributed by atoms with Gasteiger partial charge in [0.05, 0.1) is 18.6 Å². The van der Waals surface area contributed by atoms with E-state index in [1.807, 2.05) is 0 Å². The fourth-order valence-corrected chi connectivity index (χ4v) is 2.26. The van der Waals surface area contributed by atoms with Gasteiger partial charge in [-0.05, 0) is 47.5 Å². The van der Waals surface area contributed by atoms with Crippen molar-refractivity contribution in [2.75, 3.05) is 12.0 Å². The van der Waals surface area contributed by atoms with Gasteiger partial charge in [-0.2, -0.15) is 0 Å². The lowest BCUT2D eigenvalue weighted by Gasteiger charge is -2.09. The standard InChI is InChI=1S/C18H19N3O5.ClH/c19-17(20)13-1-3-15(4-2-13)21-10-26-16(23)8-11-5-12(9-22)7-14(6-11)18(24)25;/h1-7,21-22H,8-10H2,(H3,19,20)(H,24,25);1H. The average Bonchev–Trinajstić information content (AvgIpc) is 2.61. The van der Waals surface area contributed by atoms with Crippen molar-refractivity contribution in [2.24, 2.45) is 5.73 Å². The molecule has 0 spiro atoms. The Balaban J connectivity index is 0.00000364. The highest BCUT2D eigenvalue weighted by atomic mass is 35.5. The summed E-state index contributed by atoms with van der Waals surface area (Å²) < 4.78 is 5.07. The molecule has 2 rings (SSSR count). The van der Waals surface area contributed by atoms with Gasteiger partial charge in [-0.3, -0.25) is 10.2 Å². The lowest BCUT2D eigenvalue weighted by molar-refractivity contribution is -0.142. The molecule has 0 aromatic heterocycles. The summed E-state index contributed by atoms with van der Waals surface area (Å²) in [6.45, 7) is -0.384. The molecule has 0 fully saturated rings. The molecule has 27 heavy (non-hydrogen) atoms. The highest BCUT2D eigenvalue weighted by Gasteiger charge is 2.11. The monoisotopic (exact) mass is 393 g/mol. The van der Waals surface area contributed by atoms with Gasteiger partial charge in [0.2, 0.25) is 0 Å². The van der Waals surface area contributed by atoms with Crippen LogP contribution in [0.25, 0.3) is 0 Å². The van der Waals surface area contributed by atoms with Gasteiger partial charge in [-0.15, -0.1) is 12.4 Å². The zero-order chi connectivity index (χ0) is 19.1. The van der Waals surface area contributed by atoms with Crippen LogP contribution in [0, 0.1) is 5.41 Å². The normalized spacial score (nSPS) is 9.81. The maximum Gasteiger partial charge on any atom is 0.335 e. The number of rotatable bonds is 8. The van der Waals surface area contributed by atoms with E-state index >= 15 is 0 Å². The minimum Gasteiger partial charge on any atom is -0.478 e. The van der Waals surface area contributed by atoms with E-state index in [1.54, 1.807) is 30.3 Å². The molecular weight excluding hydrogens is 374 g/mol. The number of ether oxygens (including phenoxy) is 1. The number of esters is 1. The second-order valence-electron chi connectivity index (χ2n) is 5.51. The minimum absolute atomic E-state index is 0. The van der Waals surface area contributed by atoms with Gasteiger partial charge in [0.15, 0.2) is 6.73 Å². The Morgan fingerprint density at radius 2 is 1.70 bits per heavy atom. The number of hydrogen-bond donors (Lipinski definition) is 5. The van der Waals surface area contributed by atoms with Gasteiger partial charge < -0.3 is 26.0 Å². The molecule has 8 nitrogen and oxygen atoms in total. The number of aliphatic hydroxyl groups is 1. The fourth-order valence-electron chi connectivity index (χ4n) is 2.26. The van der Waals surface area contributed by atoms with E-state index < -0.39 is 11.9 Å². The smallest absolute Gasteiger partial charge is 0.335 e. The van der Waals surface area contributed by atoms with E-state index in [0.717, 1.165) is 0 Å². The summed E-state index contributed by atoms with van der Waals surface area (Å²) >= 11 is 0. The topological polar surface area (TPSA) is 146 Å². The van der Waals surface area contributed by atoms with E-state index in [1.165, 1.54) is 12.1 Å². The second kappa shape index (κ2) is 10.1. The van der Waals surface area contributed by atoms with Crippen molar-refractivity contribution in [3.05, 3.63) is 64.7 Å². The molecule has 144 valence electrons. The first-order chi connectivity index (χ1) is 12.4. The van der Waals surface area contributed by atoms with Gasteiger partial charge >= 0.3 is 11.9 Å². The van der Waals surface area contributed by atoms with Gasteiger partial charge in [0.1, 0.15) is 5.84 Å². The number of halogens is 1. The summed E-state index contributed by atoms with van der Waals surface area (Å²) in [4.78, 5) is 23.0. The highest BCUT2D eigenvalue weighted by molar-refractivity contribution is 5.95. The van der Waals surface area contributed by atoms with Gasteiger partial charge in [-0.1, -0.05) is 6.07 Å². The minimum atomic E-state index is -1.13. The molecule has 0 radical (unpaired) electrons. The molecule has 0 aliphatic heterocycles. The molecule has 2 aromatic rings. The number of nitrogen functional groups attached to an aromatic ring is 1. The molecule has 0 aliphatic rings. The number of carbonyl (C=O) groups excluding carboxylic acids is 1. The Morgan fingerprint density at radius 3 is 2.26 bits per heavy atom. The van der Waals surface area contributed by atoms with Crippen LogP contribution in [0.5, 0.6) is 0 Å². The lowest BCUT2D eigenvalue weighted by atomic mass is 10.0. The molecular formula is C18H20ClN3O5. The number of nitrogens with one attached hydrogen (secondary N) is 2. The summed E-state index contributed by atoms with van der Waals surface area (Å²) in [5.41, 5.74) is 7.51. The number of carboxylic acids is 1. The van der Waals surface area contributed by atoms with Crippen molar-refractivity contribution < 1.29 is 24.5 Å². The van der Waals surface area contributed by atoms with E-state index in [4.69, 9.17) is 21.0 Å². The van der Waals surface area contributed by atoms with Crippen LogP contribution < -0.4 is 11.1 Å². The Bertz CT molecular complexity index is 824. The molecule has 6 N–H and O–H groups in total. The van der Waals surface area contributed by atoms with Gasteiger partial charge in [-0.25, -0.2) is 4.79 Å². The number of nitrogens with two attached hydrogens (primary N) is 1. The first kappa shape index (κ1) is 21.9. The van der Waals surface area contributed by atoms with Crippen LogP contribution in [-0.2, 0) is 22.6 Å². The number of benzene rings is 2. The van der Waals surface area contributed by atoms with Crippen molar-refractivity contribution in [1.82, 2.24) is 0 Å². The predicted octanol–water partition coefficient (Wildman–Crippen LogP) is 1.74. The molecule has 2 aromatic carbocycles. The first-order valence-electron chi connectivity index (χ1n) is 7.70. The molecule has 0 saturated heterocycles. The van der Waals surface area contributed by atoms with E-state index in [9.17, 15) is 14.7 Å². The number of anilines is 1. The van der Waals surface area contributed by atoms with Crippen molar-refractivity contribution in [2.45, 2.75) is 13.0 Å². The Labute approximate surface area is 161 Å². The third-order valence-electron chi connectivity index (χ3n) is 3.54. The van der Waals surface area contributed by atoms with Crippen LogP contribution in [0.2, 0.25) is 0 Å². The highest BCUT2D eigenvalue weighted by Crippen LogP contribution is 2.13. The number of amidine groups is 1. The van der Waals surface area contributed by atoms with Gasteiger partial charge in [0.25, 0.3) is 0 Å². The molecule has 0 aliphatic carbocycles. The van der Waals surface area contributed by atoms with E-state index in [2.05, 4.69) is 5.32 Å². The number of hydrogen-bond acceptors (Lipinski definition) is 6. The maximum atomic E-state index is 11.9. The predicted molar refractivity (Wildman–Crippen MR) is 102 cm³/mol. The Morgan fingerprint density at radius 1 is 1.07 bits per heavy atom. The number of carbonyl (C=O) groups is 2. The third kappa shape index (κ3) is 6.61. The van der Waals surface area contributed by atoms with Crippen molar-refractivity contribution >= 4 is 35.9 Å². The van der Waals surface area contributed by atoms with Crippen LogP contribution >= 0.6 is 12.4 Å². The molecule has 0 unspecified atom stereocenters. The lowest BCUT2D eigenvalue weighted by Crippen LogP contribution is -2.15. The number of aromatic carboxylic acids is 1. The van der Waals surface area contributed by atoms with E-state index in [-0.39, 0.29) is 43.6 Å². The van der Waals surface area contributed by atoms with Crippen LogP contribution in [0.4, 0.5) is 5.69 Å². The Kier molecular flexibility index (Phi) is 8.25. The number of aliphatic hydroxyl groups excluding tert-OH is 1. The molecule has 0 saturated carbocycles. The SMILES string of the molecule is Cl.N=C(N)c1ccc(NCOC(=O)Cc2cc(CO)cc(C(=O)O)c2)cc1. The number of carboxylic acid groups (broad SMARTS) is 1. The quantitative estimate of drug-likeness (QED) is 0.199. The summed E-state index contributed by atoms with van der Waals surface area (Å²) in [7, 11) is 0. The van der Waals surface area contributed by atoms with Crippen LogP contribution in [0.15, 0.2) is 42.5 Å². The summed E-state index contributed by atoms with van der Waals surface area (Å²) in [5, 5.41) is 28.4. The van der Waals surface area contributed by atoms with Crippen LogP contribution in [0.1, 0.15) is 27.0 Å². The maximum absolute atomic E-state index is 11.9. The molecule has 0 amide bonds. The Hall–Kier alpha value is -3.10. The molecule has 0 atom stereocenters. The van der Waals surface area contributed by atoms with Crippen molar-refractivity contribution in [1.29, 1.82) is 5.41 Å². The van der Waals surface area contributed by atoms with Crippen LogP contribution in [-0.4, -0.2) is 34.7 Å². The molecule has 9 heteroatoms. The second-order valence-corrected chi connectivity index (χ2v) is 5.51. The average molecular weight is 394 g/mol. The first-order valence-corrected chi connectivity index (χ1v) is 7.70. The molecule has 0 bridgehead atoms. The summed E-state index contributed by atoms with van der Waals surface area (Å²) in [5.74, 6) is -1.70. The largest absolute Gasteiger partial charge is 0.478 e. The van der Waals surface area contributed by atoms with Crippen molar-refractivity contribution in [3.63, 3.8) is 0 Å². The van der Waals surface area contributed by atoms with Gasteiger partial charge in [0, 0.05) is 11.3 Å². The third-order valence-corrected chi connectivity index (χ3v) is 3.54. The fraction of sp³-hybridized carbons (Fsp3) is 0.167. The zero-order valence-corrected chi connectivity index (χ0v) is 15.1.